The summed E-state index contributed by atoms with van der Waals surface area (Å²) in [7, 11) is 0. The number of hydrogen-bond acceptors (Lipinski definition) is 7. The maximum atomic E-state index is 13.1. The molecular weight excluding hydrogens is 474 g/mol. The van der Waals surface area contributed by atoms with E-state index in [1.165, 1.54) is 0 Å². The molecule has 0 bridgehead atoms. The molecule has 4 amide bonds. The monoisotopic (exact) mass is 507 g/mol. The van der Waals surface area contributed by atoms with Crippen LogP contribution >= 0.6 is 0 Å². The van der Waals surface area contributed by atoms with Crippen LogP contribution < -0.4 is 27.4 Å². The van der Waals surface area contributed by atoms with E-state index in [-0.39, 0.29) is 18.8 Å². The first-order valence-electron chi connectivity index (χ1n) is 11.2. The van der Waals surface area contributed by atoms with Gasteiger partial charge >= 0.3 is 11.9 Å². The summed E-state index contributed by atoms with van der Waals surface area (Å²) in [4.78, 5) is 72.1. The Labute approximate surface area is 208 Å². The molecule has 4 unspecified atom stereocenters. The van der Waals surface area contributed by atoms with Crippen molar-refractivity contribution in [1.29, 1.82) is 0 Å². The van der Waals surface area contributed by atoms with Crippen molar-refractivity contribution >= 4 is 35.6 Å². The van der Waals surface area contributed by atoms with Crippen molar-refractivity contribution in [2.45, 2.75) is 63.7 Å². The molecule has 13 nitrogen and oxygen atoms in total. The number of aliphatic carboxylic acids is 2. The van der Waals surface area contributed by atoms with Crippen LogP contribution in [0.4, 0.5) is 0 Å². The first kappa shape index (κ1) is 30.0. The number of rotatable bonds is 15. The summed E-state index contributed by atoms with van der Waals surface area (Å²) in [6, 6.07) is 3.25. The number of amides is 4. The minimum atomic E-state index is -1.63. The number of primary amides is 1. The van der Waals surface area contributed by atoms with Gasteiger partial charge in [-0.1, -0.05) is 44.2 Å². The number of hydrogen-bond donors (Lipinski definition) is 7. The Morgan fingerprint density at radius 1 is 0.833 bits per heavy atom. The Balaban J connectivity index is 3.16. The average Bonchev–Trinajstić information content (AvgIpc) is 2.80. The average molecular weight is 508 g/mol. The molecule has 1 aromatic rings. The van der Waals surface area contributed by atoms with E-state index in [2.05, 4.69) is 16.0 Å². The number of carbonyl (C=O) groups excluding carboxylic acids is 4. The fourth-order valence-corrected chi connectivity index (χ4v) is 3.11. The molecule has 0 saturated carbocycles. The quantitative estimate of drug-likeness (QED) is 0.146. The number of benzene rings is 1. The lowest BCUT2D eigenvalue weighted by atomic mass is 10.0. The van der Waals surface area contributed by atoms with Crippen LogP contribution in [0.15, 0.2) is 30.3 Å². The van der Waals surface area contributed by atoms with Crippen molar-refractivity contribution in [2.24, 2.45) is 17.4 Å². The Morgan fingerprint density at radius 3 is 1.86 bits per heavy atom. The summed E-state index contributed by atoms with van der Waals surface area (Å²) in [5.41, 5.74) is 11.5. The zero-order valence-corrected chi connectivity index (χ0v) is 20.1. The van der Waals surface area contributed by atoms with E-state index in [0.717, 1.165) is 0 Å². The fourth-order valence-electron chi connectivity index (χ4n) is 3.11. The minimum absolute atomic E-state index is 0.0631. The van der Waals surface area contributed by atoms with Gasteiger partial charge in [0.2, 0.25) is 23.6 Å². The van der Waals surface area contributed by atoms with Crippen LogP contribution in [0.5, 0.6) is 0 Å². The standard InChI is InChI=1S/C23H33N5O8/c1-12(2)19(25)22(34)26-14(8-9-18(30)31)20(32)27-15(10-13-6-4-3-5-7-13)21(33)28-16(23(35)36)11-17(24)29/h3-7,12,14-16,19H,8-11,25H2,1-2H3,(H2,24,29)(H,26,34)(H,27,32)(H,28,33)(H,30,31)(H,35,36). The lowest BCUT2D eigenvalue weighted by Gasteiger charge is -2.25. The molecule has 1 rings (SSSR count). The molecule has 36 heavy (non-hydrogen) atoms. The highest BCUT2D eigenvalue weighted by Gasteiger charge is 2.31. The van der Waals surface area contributed by atoms with E-state index < -0.39 is 72.6 Å². The van der Waals surface area contributed by atoms with Gasteiger partial charge in [-0.2, -0.15) is 0 Å². The van der Waals surface area contributed by atoms with Gasteiger partial charge in [-0.3, -0.25) is 24.0 Å². The van der Waals surface area contributed by atoms with Crippen molar-refractivity contribution in [1.82, 2.24) is 16.0 Å². The number of carboxylic acid groups (broad SMARTS) is 2. The van der Waals surface area contributed by atoms with Crippen molar-refractivity contribution in [3.63, 3.8) is 0 Å². The third-order valence-electron chi connectivity index (χ3n) is 5.24. The van der Waals surface area contributed by atoms with Crippen molar-refractivity contribution in [3.05, 3.63) is 35.9 Å². The summed E-state index contributed by atoms with van der Waals surface area (Å²) in [6.45, 7) is 3.39. The van der Waals surface area contributed by atoms with Gasteiger partial charge in [-0.15, -0.1) is 0 Å². The number of nitrogens with two attached hydrogens (primary N) is 2. The predicted molar refractivity (Wildman–Crippen MR) is 127 cm³/mol. The lowest BCUT2D eigenvalue weighted by Crippen LogP contribution is -2.58. The second kappa shape index (κ2) is 14.4. The zero-order chi connectivity index (χ0) is 27.4. The van der Waals surface area contributed by atoms with Gasteiger partial charge in [0.05, 0.1) is 12.5 Å². The van der Waals surface area contributed by atoms with E-state index >= 15 is 0 Å². The number of nitrogens with one attached hydrogen (secondary N) is 3. The van der Waals surface area contributed by atoms with E-state index in [4.69, 9.17) is 16.6 Å². The number of carbonyl (C=O) groups is 6. The molecule has 9 N–H and O–H groups in total. The smallest absolute Gasteiger partial charge is 0.326 e. The molecule has 0 radical (unpaired) electrons. The molecule has 0 saturated heterocycles. The summed E-state index contributed by atoms with van der Waals surface area (Å²) in [5, 5.41) is 25.4. The summed E-state index contributed by atoms with van der Waals surface area (Å²) >= 11 is 0. The van der Waals surface area contributed by atoms with Crippen LogP contribution in [-0.2, 0) is 35.2 Å². The van der Waals surface area contributed by atoms with Crippen LogP contribution in [0.1, 0.15) is 38.7 Å². The van der Waals surface area contributed by atoms with Gasteiger partial charge in [-0.25, -0.2) is 4.79 Å². The third kappa shape index (κ3) is 10.5. The highest BCUT2D eigenvalue weighted by molar-refractivity contribution is 5.95. The molecule has 0 aliphatic heterocycles. The van der Waals surface area contributed by atoms with Gasteiger partial charge in [0.15, 0.2) is 0 Å². The van der Waals surface area contributed by atoms with Gasteiger partial charge in [0.1, 0.15) is 18.1 Å². The minimum Gasteiger partial charge on any atom is -0.481 e. The van der Waals surface area contributed by atoms with E-state index in [1.807, 2.05) is 0 Å². The van der Waals surface area contributed by atoms with E-state index in [1.54, 1.807) is 44.2 Å². The topological polar surface area (TPSA) is 231 Å². The summed E-state index contributed by atoms with van der Waals surface area (Å²) in [5.74, 6) is -6.37. The SMILES string of the molecule is CC(C)C(N)C(=O)NC(CCC(=O)O)C(=O)NC(Cc1ccccc1)C(=O)NC(CC(N)=O)C(=O)O. The number of carboxylic acids is 2. The molecule has 0 aliphatic carbocycles. The second-order valence-corrected chi connectivity index (χ2v) is 8.58. The molecule has 4 atom stereocenters. The molecule has 0 fully saturated rings. The maximum absolute atomic E-state index is 13.1. The Bertz CT molecular complexity index is 953. The molecule has 13 heteroatoms. The summed E-state index contributed by atoms with van der Waals surface area (Å²) in [6.07, 6.45) is -1.47. The lowest BCUT2D eigenvalue weighted by molar-refractivity contribution is -0.143. The van der Waals surface area contributed by atoms with Crippen molar-refractivity contribution in [3.8, 4) is 0 Å². The third-order valence-corrected chi connectivity index (χ3v) is 5.24. The fraction of sp³-hybridized carbons (Fsp3) is 0.478. The Kier molecular flexibility index (Phi) is 12.0. The first-order chi connectivity index (χ1) is 16.8. The van der Waals surface area contributed by atoms with Crippen LogP contribution in [0.2, 0.25) is 0 Å². The largest absolute Gasteiger partial charge is 0.481 e. The highest BCUT2D eigenvalue weighted by Crippen LogP contribution is 2.08. The molecule has 0 spiro atoms. The molecule has 0 aromatic heterocycles. The summed E-state index contributed by atoms with van der Waals surface area (Å²) < 4.78 is 0. The van der Waals surface area contributed by atoms with Gasteiger partial charge in [0.25, 0.3) is 0 Å². The molecule has 0 heterocycles. The predicted octanol–water partition coefficient (Wildman–Crippen LogP) is -1.51. The zero-order valence-electron chi connectivity index (χ0n) is 20.1. The van der Waals surface area contributed by atoms with Crippen LogP contribution in [-0.4, -0.2) is 69.9 Å². The maximum Gasteiger partial charge on any atom is 0.326 e. The molecular formula is C23H33N5O8. The van der Waals surface area contributed by atoms with Gasteiger partial charge in [-0.05, 0) is 17.9 Å². The van der Waals surface area contributed by atoms with Crippen LogP contribution in [0.3, 0.4) is 0 Å². The normalized spacial score (nSPS) is 14.1. The molecule has 198 valence electrons. The highest BCUT2D eigenvalue weighted by atomic mass is 16.4. The second-order valence-electron chi connectivity index (χ2n) is 8.58. The van der Waals surface area contributed by atoms with Crippen molar-refractivity contribution in [2.75, 3.05) is 0 Å². The van der Waals surface area contributed by atoms with Gasteiger partial charge in [0, 0.05) is 12.8 Å². The Morgan fingerprint density at radius 2 is 1.36 bits per heavy atom. The van der Waals surface area contributed by atoms with Gasteiger partial charge < -0.3 is 37.6 Å². The van der Waals surface area contributed by atoms with E-state index in [0.29, 0.717) is 5.56 Å². The van der Waals surface area contributed by atoms with Crippen molar-refractivity contribution < 1.29 is 39.0 Å². The van der Waals surface area contributed by atoms with Crippen LogP contribution in [0, 0.1) is 5.92 Å². The van der Waals surface area contributed by atoms with E-state index in [9.17, 15) is 33.9 Å². The van der Waals surface area contributed by atoms with Crippen LogP contribution in [0.25, 0.3) is 0 Å². The molecule has 0 aliphatic rings. The molecule has 1 aromatic carbocycles. The first-order valence-corrected chi connectivity index (χ1v) is 11.2. The Hall–Kier alpha value is -4.00.